The smallest absolute Gasteiger partial charge is 0.255 e. The topological polar surface area (TPSA) is 46.9 Å². The van der Waals surface area contributed by atoms with Crippen LogP contribution in [-0.2, 0) is 13.5 Å². The van der Waals surface area contributed by atoms with Crippen molar-refractivity contribution in [2.24, 2.45) is 13.0 Å². The number of carbonyl (C=O) groups excluding carboxylic acids is 1. The van der Waals surface area contributed by atoms with Crippen molar-refractivity contribution in [3.05, 3.63) is 17.5 Å². The van der Waals surface area contributed by atoms with E-state index >= 15 is 0 Å². The van der Waals surface area contributed by atoms with Gasteiger partial charge in [-0.25, -0.2) is 0 Å². The lowest BCUT2D eigenvalue weighted by Gasteiger charge is -2.18. The quantitative estimate of drug-likeness (QED) is 0.820. The third-order valence-electron chi connectivity index (χ3n) is 2.76. The Bertz CT molecular complexity index is 401. The van der Waals surface area contributed by atoms with Gasteiger partial charge in [-0.2, -0.15) is 5.10 Å². The first kappa shape index (κ1) is 15.2. The van der Waals surface area contributed by atoms with E-state index < -0.39 is 0 Å². The van der Waals surface area contributed by atoms with Crippen LogP contribution < -0.4 is 5.32 Å². The molecule has 4 nitrogen and oxygen atoms in total. The lowest BCUT2D eigenvalue weighted by atomic mass is 10.0. The molecule has 1 N–H and O–H groups in total. The van der Waals surface area contributed by atoms with E-state index in [0.717, 1.165) is 23.9 Å². The predicted molar refractivity (Wildman–Crippen MR) is 77.1 cm³/mol. The van der Waals surface area contributed by atoms with Gasteiger partial charge in [-0.15, -0.1) is 0 Å². The molecule has 0 saturated carbocycles. The van der Waals surface area contributed by atoms with E-state index in [1.807, 2.05) is 14.0 Å². The number of aryl methyl sites for hydroxylation is 2. The number of carbonyl (C=O) groups is 1. The minimum atomic E-state index is -0.0231. The minimum Gasteiger partial charge on any atom is -0.348 e. The zero-order valence-electron chi connectivity index (χ0n) is 11.5. The molecule has 0 aliphatic heterocycles. The molecule has 0 aromatic carbocycles. The maximum atomic E-state index is 12.2. The third kappa shape index (κ3) is 4.12. The van der Waals surface area contributed by atoms with Gasteiger partial charge in [-0.05, 0) is 18.8 Å². The number of nitrogens with one attached hydrogen (secondary N) is 1. The molecule has 1 aromatic heterocycles. The molecule has 0 aliphatic carbocycles. The van der Waals surface area contributed by atoms with Gasteiger partial charge in [0.15, 0.2) is 0 Å². The van der Waals surface area contributed by atoms with Crippen molar-refractivity contribution in [2.75, 3.05) is 5.33 Å². The normalized spacial score (nSPS) is 12.8. The summed E-state index contributed by atoms with van der Waals surface area (Å²) in [6.45, 7) is 6.32. The van der Waals surface area contributed by atoms with Crippen molar-refractivity contribution in [3.8, 4) is 0 Å². The highest BCUT2D eigenvalue weighted by Crippen LogP contribution is 2.11. The zero-order valence-corrected chi connectivity index (χ0v) is 13.1. The number of hydrogen-bond donors (Lipinski definition) is 1. The summed E-state index contributed by atoms with van der Waals surface area (Å²) >= 11 is 3.45. The van der Waals surface area contributed by atoms with Crippen LogP contribution in [0.5, 0.6) is 0 Å². The van der Waals surface area contributed by atoms with Crippen LogP contribution in [-0.4, -0.2) is 27.1 Å². The summed E-state index contributed by atoms with van der Waals surface area (Å²) in [5.41, 5.74) is 1.54. The molecule has 1 atom stereocenters. The van der Waals surface area contributed by atoms with Crippen molar-refractivity contribution >= 4 is 21.8 Å². The lowest BCUT2D eigenvalue weighted by molar-refractivity contribution is 0.0936. The Hall–Kier alpha value is -0.840. The molecule has 0 spiro atoms. The van der Waals surface area contributed by atoms with Crippen molar-refractivity contribution in [2.45, 2.75) is 39.7 Å². The Balaban J connectivity index is 2.74. The fourth-order valence-corrected chi connectivity index (χ4v) is 2.40. The Labute approximate surface area is 117 Å². The molecule has 0 aliphatic rings. The molecule has 1 aromatic rings. The van der Waals surface area contributed by atoms with Crippen molar-refractivity contribution < 1.29 is 4.79 Å². The van der Waals surface area contributed by atoms with Crippen LogP contribution >= 0.6 is 15.9 Å². The highest BCUT2D eigenvalue weighted by Gasteiger charge is 2.18. The monoisotopic (exact) mass is 315 g/mol. The number of rotatable bonds is 6. The molecule has 0 bridgehead atoms. The van der Waals surface area contributed by atoms with Gasteiger partial charge in [0.05, 0.1) is 11.3 Å². The number of alkyl halides is 1. The molecular formula is C13H22BrN3O. The van der Waals surface area contributed by atoms with Crippen LogP contribution in [0.1, 0.15) is 43.2 Å². The number of hydrogen-bond acceptors (Lipinski definition) is 2. The average molecular weight is 316 g/mol. The fraction of sp³-hybridized carbons (Fsp3) is 0.692. The molecule has 0 saturated heterocycles. The Kier molecular flexibility index (Phi) is 5.85. The summed E-state index contributed by atoms with van der Waals surface area (Å²) in [5, 5.41) is 8.13. The molecule has 1 amide bonds. The van der Waals surface area contributed by atoms with Crippen LogP contribution in [0.2, 0.25) is 0 Å². The Morgan fingerprint density at radius 2 is 2.22 bits per heavy atom. The molecule has 0 fully saturated rings. The van der Waals surface area contributed by atoms with Crippen LogP contribution in [0.3, 0.4) is 0 Å². The van der Waals surface area contributed by atoms with Crippen LogP contribution in [0, 0.1) is 5.92 Å². The van der Waals surface area contributed by atoms with E-state index in [1.165, 1.54) is 0 Å². The van der Waals surface area contributed by atoms with Crippen LogP contribution in [0.15, 0.2) is 6.20 Å². The maximum Gasteiger partial charge on any atom is 0.255 e. The Morgan fingerprint density at radius 1 is 1.56 bits per heavy atom. The molecule has 1 rings (SSSR count). The summed E-state index contributed by atoms with van der Waals surface area (Å²) < 4.78 is 1.69. The first-order chi connectivity index (χ1) is 8.47. The van der Waals surface area contributed by atoms with E-state index in [2.05, 4.69) is 40.2 Å². The first-order valence-electron chi connectivity index (χ1n) is 6.37. The number of amides is 1. The van der Waals surface area contributed by atoms with Crippen molar-refractivity contribution in [1.82, 2.24) is 15.1 Å². The van der Waals surface area contributed by atoms with E-state index in [1.54, 1.807) is 10.9 Å². The minimum absolute atomic E-state index is 0.0231. The van der Waals surface area contributed by atoms with Gasteiger partial charge < -0.3 is 5.32 Å². The van der Waals surface area contributed by atoms with E-state index in [9.17, 15) is 4.79 Å². The van der Waals surface area contributed by atoms with Gasteiger partial charge in [0, 0.05) is 24.6 Å². The lowest BCUT2D eigenvalue weighted by Crippen LogP contribution is -2.37. The first-order valence-corrected chi connectivity index (χ1v) is 7.49. The maximum absolute atomic E-state index is 12.2. The summed E-state index contributed by atoms with van der Waals surface area (Å²) in [7, 11) is 1.84. The fourth-order valence-electron chi connectivity index (χ4n) is 1.98. The van der Waals surface area contributed by atoms with Gasteiger partial charge in [0.2, 0.25) is 0 Å². The average Bonchev–Trinajstić information content (AvgIpc) is 2.69. The molecular weight excluding hydrogens is 294 g/mol. The van der Waals surface area contributed by atoms with Crippen LogP contribution in [0.25, 0.3) is 0 Å². The molecule has 18 heavy (non-hydrogen) atoms. The van der Waals surface area contributed by atoms with Gasteiger partial charge >= 0.3 is 0 Å². The van der Waals surface area contributed by atoms with Crippen molar-refractivity contribution in [3.63, 3.8) is 0 Å². The largest absolute Gasteiger partial charge is 0.348 e. The van der Waals surface area contributed by atoms with E-state index in [4.69, 9.17) is 0 Å². The second-order valence-corrected chi connectivity index (χ2v) is 5.62. The second kappa shape index (κ2) is 6.92. The van der Waals surface area contributed by atoms with Gasteiger partial charge in [0.1, 0.15) is 0 Å². The molecule has 5 heteroatoms. The molecule has 0 radical (unpaired) electrons. The third-order valence-corrected chi connectivity index (χ3v) is 3.54. The molecule has 102 valence electrons. The van der Waals surface area contributed by atoms with Gasteiger partial charge in [-0.3, -0.25) is 9.48 Å². The van der Waals surface area contributed by atoms with E-state index in [0.29, 0.717) is 11.5 Å². The summed E-state index contributed by atoms with van der Waals surface area (Å²) in [4.78, 5) is 12.2. The summed E-state index contributed by atoms with van der Waals surface area (Å²) in [5.74, 6) is 0.539. The second-order valence-electron chi connectivity index (χ2n) is 4.97. The summed E-state index contributed by atoms with van der Waals surface area (Å²) in [6.07, 6.45) is 3.53. The highest BCUT2D eigenvalue weighted by atomic mass is 79.9. The Morgan fingerprint density at radius 3 is 2.72 bits per heavy atom. The van der Waals surface area contributed by atoms with E-state index in [-0.39, 0.29) is 11.9 Å². The highest BCUT2D eigenvalue weighted by molar-refractivity contribution is 9.09. The predicted octanol–water partition coefficient (Wildman–Crippen LogP) is 2.52. The number of nitrogens with zero attached hydrogens (tertiary/aromatic N) is 2. The SMILES string of the molecule is CCc1nn(C)cc1C(=O)NC(CBr)CC(C)C. The van der Waals surface area contributed by atoms with Gasteiger partial charge in [-0.1, -0.05) is 36.7 Å². The number of aromatic nitrogens is 2. The summed E-state index contributed by atoms with van der Waals surface area (Å²) in [6, 6.07) is 0.169. The molecule has 1 heterocycles. The molecule has 1 unspecified atom stereocenters. The van der Waals surface area contributed by atoms with Gasteiger partial charge in [0.25, 0.3) is 5.91 Å². The zero-order chi connectivity index (χ0) is 13.7. The van der Waals surface area contributed by atoms with Crippen LogP contribution in [0.4, 0.5) is 0 Å². The number of halogens is 1. The van der Waals surface area contributed by atoms with Crippen molar-refractivity contribution in [1.29, 1.82) is 0 Å². The standard InChI is InChI=1S/C13H22BrN3O/c1-5-12-11(8-17(4)16-12)13(18)15-10(7-14)6-9(2)3/h8-10H,5-7H2,1-4H3,(H,15,18).